The third kappa shape index (κ3) is 5.82. The van der Waals surface area contributed by atoms with E-state index >= 15 is 0 Å². The van der Waals surface area contributed by atoms with Crippen molar-refractivity contribution in [1.82, 2.24) is 9.97 Å². The van der Waals surface area contributed by atoms with Crippen LogP contribution in [0.5, 0.6) is 5.75 Å². The van der Waals surface area contributed by atoms with Crippen LogP contribution in [0.4, 0.5) is 18.9 Å². The van der Waals surface area contributed by atoms with E-state index in [1.54, 1.807) is 6.20 Å². The van der Waals surface area contributed by atoms with Crippen LogP contribution < -0.4 is 9.08 Å². The summed E-state index contributed by atoms with van der Waals surface area (Å²) >= 11 is 0. The Morgan fingerprint density at radius 1 is 1.15 bits per heavy atom. The van der Waals surface area contributed by atoms with Crippen molar-refractivity contribution in [2.24, 2.45) is 11.3 Å². The maximum absolute atomic E-state index is 12.6. The number of aryl methyl sites for hydroxylation is 1. The van der Waals surface area contributed by atoms with E-state index in [0.717, 1.165) is 67.5 Å². The minimum absolute atomic E-state index is 0.261. The molecule has 0 saturated carbocycles. The fourth-order valence-electron chi connectivity index (χ4n) is 4.02. The zero-order valence-corrected chi connectivity index (χ0v) is 21.1. The van der Waals surface area contributed by atoms with Crippen molar-refractivity contribution in [3.8, 4) is 17.0 Å². The Labute approximate surface area is 199 Å². The van der Waals surface area contributed by atoms with Gasteiger partial charge in [0.15, 0.2) is 5.75 Å². The molecule has 1 fully saturated rings. The Morgan fingerprint density at radius 3 is 2.32 bits per heavy atom. The number of pyridine rings is 2. The van der Waals surface area contributed by atoms with Crippen LogP contribution in [0.15, 0.2) is 24.5 Å². The number of rotatable bonds is 7. The lowest BCUT2D eigenvalue weighted by atomic mass is 9.82. The van der Waals surface area contributed by atoms with Gasteiger partial charge >= 0.3 is 15.6 Å². The SMILES string of the molecule is CCC(C)Cc1c(C)ncc(-c2ccc(OS(=O)(=O)C(F)(F)F)cn2)c1N1CCC(C)(C)CC1. The van der Waals surface area contributed by atoms with Gasteiger partial charge in [0.25, 0.3) is 0 Å². The number of piperidine rings is 1. The average molecular weight is 500 g/mol. The third-order valence-corrected chi connectivity index (χ3v) is 7.53. The minimum atomic E-state index is -5.75. The van der Waals surface area contributed by atoms with Gasteiger partial charge in [-0.2, -0.15) is 21.6 Å². The van der Waals surface area contributed by atoms with Crippen molar-refractivity contribution < 1.29 is 25.8 Å². The number of aromatic nitrogens is 2. The van der Waals surface area contributed by atoms with E-state index < -0.39 is 21.4 Å². The van der Waals surface area contributed by atoms with E-state index in [2.05, 4.69) is 46.7 Å². The van der Waals surface area contributed by atoms with Crippen LogP contribution in [0, 0.1) is 18.3 Å². The van der Waals surface area contributed by atoms with Crippen LogP contribution in [0.3, 0.4) is 0 Å². The molecule has 0 bridgehead atoms. The van der Waals surface area contributed by atoms with Crippen molar-refractivity contribution >= 4 is 15.8 Å². The Hall–Kier alpha value is -2.36. The average Bonchev–Trinajstić information content (AvgIpc) is 2.75. The lowest BCUT2D eigenvalue weighted by Crippen LogP contribution is -2.38. The van der Waals surface area contributed by atoms with Crippen molar-refractivity contribution in [3.05, 3.63) is 35.8 Å². The third-order valence-electron chi connectivity index (χ3n) is 6.55. The Kier molecular flexibility index (Phi) is 7.50. The number of alkyl halides is 3. The highest BCUT2D eigenvalue weighted by Gasteiger charge is 2.48. The molecule has 2 aromatic heterocycles. The molecule has 0 aliphatic carbocycles. The van der Waals surface area contributed by atoms with Gasteiger partial charge in [0.1, 0.15) is 0 Å². The highest BCUT2D eigenvalue weighted by molar-refractivity contribution is 7.88. The number of halogens is 3. The standard InChI is InChI=1S/C24H32F3N3O3S/c1-6-16(2)13-19-17(3)28-15-20(22(19)30-11-9-23(4,5)10-12-30)21-8-7-18(14-29-21)33-34(31,32)24(25,26)27/h7-8,14-16H,6,9-13H2,1-5H3. The Bertz CT molecular complexity index is 1110. The maximum Gasteiger partial charge on any atom is 0.534 e. The quantitative estimate of drug-likeness (QED) is 0.349. The molecular weight excluding hydrogens is 467 g/mol. The normalized spacial score (nSPS) is 17.5. The first-order valence-electron chi connectivity index (χ1n) is 11.4. The largest absolute Gasteiger partial charge is 0.534 e. The summed E-state index contributed by atoms with van der Waals surface area (Å²) in [6.07, 6.45) is 6.67. The van der Waals surface area contributed by atoms with E-state index in [9.17, 15) is 21.6 Å². The molecule has 1 saturated heterocycles. The topological polar surface area (TPSA) is 72.4 Å². The maximum atomic E-state index is 12.6. The van der Waals surface area contributed by atoms with Gasteiger partial charge in [0.05, 0.1) is 17.6 Å². The van der Waals surface area contributed by atoms with E-state index in [0.29, 0.717) is 11.6 Å². The van der Waals surface area contributed by atoms with Gasteiger partial charge in [-0.1, -0.05) is 34.1 Å². The summed E-state index contributed by atoms with van der Waals surface area (Å²) in [4.78, 5) is 11.2. The zero-order valence-electron chi connectivity index (χ0n) is 20.2. The summed E-state index contributed by atoms with van der Waals surface area (Å²) in [5.41, 5.74) is -0.840. The molecule has 0 radical (unpaired) electrons. The first-order chi connectivity index (χ1) is 15.7. The molecule has 3 heterocycles. The van der Waals surface area contributed by atoms with Crippen LogP contribution in [0.2, 0.25) is 0 Å². The molecular formula is C24H32F3N3O3S. The number of anilines is 1. The van der Waals surface area contributed by atoms with Gasteiger partial charge in [-0.3, -0.25) is 9.97 Å². The summed E-state index contributed by atoms with van der Waals surface area (Å²) in [5, 5.41) is 0. The van der Waals surface area contributed by atoms with E-state index in [1.165, 1.54) is 12.1 Å². The van der Waals surface area contributed by atoms with Crippen LogP contribution in [-0.4, -0.2) is 37.0 Å². The monoisotopic (exact) mass is 499 g/mol. The first kappa shape index (κ1) is 26.2. The van der Waals surface area contributed by atoms with E-state index in [1.807, 2.05) is 6.92 Å². The molecule has 1 atom stereocenters. The number of nitrogens with zero attached hydrogens (tertiary/aromatic N) is 3. The van der Waals surface area contributed by atoms with Crippen LogP contribution >= 0.6 is 0 Å². The summed E-state index contributed by atoms with van der Waals surface area (Å²) in [6, 6.07) is 2.65. The fraction of sp³-hybridized carbons (Fsp3) is 0.583. The molecule has 1 aliphatic rings. The predicted octanol–water partition coefficient (Wildman–Crippen LogP) is 5.90. The molecule has 188 valence electrons. The number of hydrogen-bond acceptors (Lipinski definition) is 6. The van der Waals surface area contributed by atoms with Gasteiger partial charge in [0.2, 0.25) is 0 Å². The van der Waals surface area contributed by atoms with Crippen molar-refractivity contribution in [2.75, 3.05) is 18.0 Å². The molecule has 1 unspecified atom stereocenters. The molecule has 34 heavy (non-hydrogen) atoms. The van der Waals surface area contributed by atoms with Gasteiger partial charge in [-0.15, -0.1) is 0 Å². The molecule has 2 aromatic rings. The fourth-order valence-corrected chi connectivity index (χ4v) is 4.47. The molecule has 3 rings (SSSR count). The first-order valence-corrected chi connectivity index (χ1v) is 12.9. The lowest BCUT2D eigenvalue weighted by molar-refractivity contribution is -0.0500. The summed E-state index contributed by atoms with van der Waals surface area (Å²) in [5.74, 6) is -0.0470. The zero-order chi connectivity index (χ0) is 25.3. The second-order valence-corrected chi connectivity index (χ2v) is 11.4. The summed E-state index contributed by atoms with van der Waals surface area (Å²) in [6.45, 7) is 12.6. The highest BCUT2D eigenvalue weighted by atomic mass is 32.2. The van der Waals surface area contributed by atoms with Gasteiger partial charge in [-0.05, 0) is 55.2 Å². The van der Waals surface area contributed by atoms with Crippen molar-refractivity contribution in [3.63, 3.8) is 0 Å². The molecule has 0 N–H and O–H groups in total. The number of hydrogen-bond donors (Lipinski definition) is 0. The van der Waals surface area contributed by atoms with Gasteiger partial charge < -0.3 is 9.08 Å². The van der Waals surface area contributed by atoms with Crippen LogP contribution in [0.25, 0.3) is 11.3 Å². The van der Waals surface area contributed by atoms with Gasteiger partial charge in [-0.25, -0.2) is 0 Å². The van der Waals surface area contributed by atoms with E-state index in [4.69, 9.17) is 0 Å². The minimum Gasteiger partial charge on any atom is -0.374 e. The molecule has 1 aliphatic heterocycles. The Balaban J connectivity index is 2.03. The smallest absolute Gasteiger partial charge is 0.374 e. The van der Waals surface area contributed by atoms with Crippen molar-refractivity contribution in [1.29, 1.82) is 0 Å². The lowest BCUT2D eigenvalue weighted by Gasteiger charge is -2.40. The van der Waals surface area contributed by atoms with E-state index in [-0.39, 0.29) is 5.41 Å². The molecule has 0 aromatic carbocycles. The second-order valence-electron chi connectivity index (χ2n) is 9.82. The molecule has 6 nitrogen and oxygen atoms in total. The second kappa shape index (κ2) is 9.71. The van der Waals surface area contributed by atoms with Crippen molar-refractivity contribution in [2.45, 2.75) is 65.8 Å². The molecule has 0 amide bonds. The molecule has 0 spiro atoms. The van der Waals surface area contributed by atoms with Crippen LogP contribution in [-0.2, 0) is 16.5 Å². The predicted molar refractivity (Wildman–Crippen MR) is 126 cm³/mol. The van der Waals surface area contributed by atoms with Gasteiger partial charge in [0, 0.05) is 30.5 Å². The summed E-state index contributed by atoms with van der Waals surface area (Å²) in [7, 11) is -5.75. The molecule has 10 heteroatoms. The highest BCUT2D eigenvalue weighted by Crippen LogP contribution is 2.40. The Morgan fingerprint density at radius 2 is 1.79 bits per heavy atom. The van der Waals surface area contributed by atoms with Crippen LogP contribution in [0.1, 0.15) is 58.2 Å². The summed E-state index contributed by atoms with van der Waals surface area (Å²) < 4.78 is 64.8.